The molecule has 1 saturated carbocycles. The topological polar surface area (TPSA) is 0 Å². The van der Waals surface area contributed by atoms with Gasteiger partial charge in [0.25, 0.3) is 0 Å². The van der Waals surface area contributed by atoms with Crippen molar-refractivity contribution >= 4 is 11.3 Å². The summed E-state index contributed by atoms with van der Waals surface area (Å²) in [6.45, 7) is 7.06. The lowest BCUT2D eigenvalue weighted by molar-refractivity contribution is 0.458. The van der Waals surface area contributed by atoms with Crippen LogP contribution in [0, 0.1) is 19.8 Å². The molecule has 3 rings (SSSR count). The third-order valence-electron chi connectivity index (χ3n) is 4.46. The predicted octanol–water partition coefficient (Wildman–Crippen LogP) is 4.37. The van der Waals surface area contributed by atoms with Gasteiger partial charge in [0.1, 0.15) is 0 Å². The van der Waals surface area contributed by atoms with E-state index in [4.69, 9.17) is 0 Å². The smallest absolute Gasteiger partial charge is 0.0120 e. The number of fused-ring (bicyclic) bond motifs is 3. The van der Waals surface area contributed by atoms with Crippen molar-refractivity contribution in [3.05, 3.63) is 20.9 Å². The van der Waals surface area contributed by atoms with Gasteiger partial charge in [-0.15, -0.1) is 11.3 Å². The fourth-order valence-corrected chi connectivity index (χ4v) is 5.12. The highest BCUT2D eigenvalue weighted by molar-refractivity contribution is 7.12. The molecule has 1 fully saturated rings. The SMILES string of the molecule is Cc1sc2c(c1C)C(C)C1CCCC21. The lowest BCUT2D eigenvalue weighted by Gasteiger charge is -2.15. The van der Waals surface area contributed by atoms with Gasteiger partial charge in [-0.1, -0.05) is 13.3 Å². The van der Waals surface area contributed by atoms with Crippen molar-refractivity contribution in [3.63, 3.8) is 0 Å². The molecule has 3 atom stereocenters. The van der Waals surface area contributed by atoms with Gasteiger partial charge in [-0.25, -0.2) is 0 Å². The minimum atomic E-state index is 0.849. The Hall–Kier alpha value is -0.300. The first-order valence-corrected chi connectivity index (χ1v) is 6.61. The van der Waals surface area contributed by atoms with Crippen molar-refractivity contribution in [2.45, 2.75) is 51.9 Å². The Morgan fingerprint density at radius 1 is 1.21 bits per heavy atom. The standard InChI is InChI=1S/C13H18S/c1-7-9(3)14-13-11-6-4-5-10(11)8(2)12(7)13/h8,10-11H,4-6H2,1-3H3. The van der Waals surface area contributed by atoms with Crippen molar-refractivity contribution in [1.29, 1.82) is 0 Å². The van der Waals surface area contributed by atoms with Crippen LogP contribution in [0.4, 0.5) is 0 Å². The highest BCUT2D eigenvalue weighted by Crippen LogP contribution is 2.58. The quantitative estimate of drug-likeness (QED) is 0.591. The van der Waals surface area contributed by atoms with Crippen LogP contribution < -0.4 is 0 Å². The highest BCUT2D eigenvalue weighted by atomic mass is 32.1. The zero-order valence-electron chi connectivity index (χ0n) is 9.26. The molecule has 0 aliphatic heterocycles. The van der Waals surface area contributed by atoms with Crippen LogP contribution in [-0.2, 0) is 0 Å². The van der Waals surface area contributed by atoms with Crippen LogP contribution in [0.1, 0.15) is 58.9 Å². The van der Waals surface area contributed by atoms with Crippen molar-refractivity contribution in [3.8, 4) is 0 Å². The van der Waals surface area contributed by atoms with Crippen LogP contribution in [0.2, 0.25) is 0 Å². The van der Waals surface area contributed by atoms with E-state index in [-0.39, 0.29) is 0 Å². The van der Waals surface area contributed by atoms with E-state index >= 15 is 0 Å². The summed E-state index contributed by atoms with van der Waals surface area (Å²) >= 11 is 2.08. The van der Waals surface area contributed by atoms with Crippen LogP contribution in [0.3, 0.4) is 0 Å². The summed E-state index contributed by atoms with van der Waals surface area (Å²) in [7, 11) is 0. The molecule has 0 radical (unpaired) electrons. The fraction of sp³-hybridized carbons (Fsp3) is 0.692. The molecule has 1 aromatic rings. The van der Waals surface area contributed by atoms with Crippen LogP contribution in [0.5, 0.6) is 0 Å². The van der Waals surface area contributed by atoms with Crippen LogP contribution >= 0.6 is 11.3 Å². The molecular formula is C13H18S. The van der Waals surface area contributed by atoms with Crippen molar-refractivity contribution in [1.82, 2.24) is 0 Å². The van der Waals surface area contributed by atoms with E-state index in [0.29, 0.717) is 0 Å². The van der Waals surface area contributed by atoms with Crippen LogP contribution in [-0.4, -0.2) is 0 Å². The van der Waals surface area contributed by atoms with Gasteiger partial charge < -0.3 is 0 Å². The first-order valence-electron chi connectivity index (χ1n) is 5.80. The van der Waals surface area contributed by atoms with Crippen molar-refractivity contribution < 1.29 is 0 Å². The number of hydrogen-bond donors (Lipinski definition) is 0. The summed E-state index contributed by atoms with van der Waals surface area (Å²) in [4.78, 5) is 3.32. The van der Waals surface area contributed by atoms with Crippen LogP contribution in [0.25, 0.3) is 0 Å². The second-order valence-electron chi connectivity index (χ2n) is 5.05. The summed E-state index contributed by atoms with van der Waals surface area (Å²) in [6, 6.07) is 0. The minimum Gasteiger partial charge on any atom is -0.145 e. The second-order valence-corrected chi connectivity index (χ2v) is 6.31. The highest BCUT2D eigenvalue weighted by Gasteiger charge is 2.43. The van der Waals surface area contributed by atoms with E-state index in [9.17, 15) is 0 Å². The third kappa shape index (κ3) is 0.942. The molecule has 76 valence electrons. The lowest BCUT2D eigenvalue weighted by atomic mass is 9.90. The van der Waals surface area contributed by atoms with Gasteiger partial charge in [-0.3, -0.25) is 0 Å². The Kier molecular flexibility index (Phi) is 1.82. The molecule has 1 heterocycles. The van der Waals surface area contributed by atoms with Gasteiger partial charge in [0.2, 0.25) is 0 Å². The molecule has 0 saturated heterocycles. The molecule has 2 aliphatic carbocycles. The maximum atomic E-state index is 2.45. The molecule has 0 aromatic carbocycles. The van der Waals surface area contributed by atoms with E-state index < -0.39 is 0 Å². The Morgan fingerprint density at radius 2 is 2.00 bits per heavy atom. The van der Waals surface area contributed by atoms with E-state index in [0.717, 1.165) is 17.8 Å². The second kappa shape index (κ2) is 2.85. The molecule has 2 aliphatic rings. The molecule has 0 spiro atoms. The average molecular weight is 206 g/mol. The number of rotatable bonds is 0. The fourth-order valence-electron chi connectivity index (χ4n) is 3.64. The Morgan fingerprint density at radius 3 is 2.79 bits per heavy atom. The predicted molar refractivity (Wildman–Crippen MR) is 62.3 cm³/mol. The molecule has 0 amide bonds. The van der Waals surface area contributed by atoms with Crippen molar-refractivity contribution in [2.24, 2.45) is 5.92 Å². The number of hydrogen-bond acceptors (Lipinski definition) is 1. The van der Waals surface area contributed by atoms with E-state index in [1.165, 1.54) is 19.3 Å². The number of thiophene rings is 1. The monoisotopic (exact) mass is 206 g/mol. The summed E-state index contributed by atoms with van der Waals surface area (Å²) in [5, 5.41) is 0. The van der Waals surface area contributed by atoms with Gasteiger partial charge in [0.05, 0.1) is 0 Å². The van der Waals surface area contributed by atoms with Crippen LogP contribution in [0.15, 0.2) is 0 Å². The number of aryl methyl sites for hydroxylation is 1. The van der Waals surface area contributed by atoms with Gasteiger partial charge >= 0.3 is 0 Å². The Labute approximate surface area is 90.3 Å². The summed E-state index contributed by atoms with van der Waals surface area (Å²) in [5.74, 6) is 2.79. The zero-order valence-corrected chi connectivity index (χ0v) is 10.1. The lowest BCUT2D eigenvalue weighted by Crippen LogP contribution is -2.03. The van der Waals surface area contributed by atoms with E-state index in [1.807, 2.05) is 0 Å². The Bertz CT molecular complexity index is 375. The Balaban J connectivity index is 2.16. The first kappa shape index (κ1) is 8.96. The molecule has 3 unspecified atom stereocenters. The van der Waals surface area contributed by atoms with Gasteiger partial charge in [0, 0.05) is 9.75 Å². The molecule has 0 nitrogen and oxygen atoms in total. The van der Waals surface area contributed by atoms with E-state index in [2.05, 4.69) is 32.1 Å². The molecular weight excluding hydrogens is 188 g/mol. The molecule has 0 N–H and O–H groups in total. The first-order chi connectivity index (χ1) is 6.70. The largest absolute Gasteiger partial charge is 0.145 e. The normalized spacial score (nSPS) is 34.6. The van der Waals surface area contributed by atoms with Crippen molar-refractivity contribution in [2.75, 3.05) is 0 Å². The molecule has 0 bridgehead atoms. The van der Waals surface area contributed by atoms with Gasteiger partial charge in [-0.05, 0) is 55.6 Å². The molecule has 14 heavy (non-hydrogen) atoms. The maximum absolute atomic E-state index is 2.45. The van der Waals surface area contributed by atoms with Gasteiger partial charge in [-0.2, -0.15) is 0 Å². The maximum Gasteiger partial charge on any atom is 0.0120 e. The summed E-state index contributed by atoms with van der Waals surface area (Å²) < 4.78 is 0. The minimum absolute atomic E-state index is 0.849. The summed E-state index contributed by atoms with van der Waals surface area (Å²) in [6.07, 6.45) is 4.40. The molecule has 1 heteroatoms. The van der Waals surface area contributed by atoms with E-state index in [1.54, 1.807) is 20.9 Å². The van der Waals surface area contributed by atoms with Gasteiger partial charge in [0.15, 0.2) is 0 Å². The molecule has 1 aromatic heterocycles. The summed E-state index contributed by atoms with van der Waals surface area (Å²) in [5.41, 5.74) is 3.34. The average Bonchev–Trinajstić information content (AvgIpc) is 2.76. The third-order valence-corrected chi connectivity index (χ3v) is 5.82. The zero-order chi connectivity index (χ0) is 9.87.